The van der Waals surface area contributed by atoms with Crippen LogP contribution in [0.15, 0.2) is 91.0 Å². The van der Waals surface area contributed by atoms with E-state index in [4.69, 9.17) is 10.5 Å². The Bertz CT molecular complexity index is 792. The molecule has 3 aromatic carbocycles. The molecule has 1 atom stereocenters. The van der Waals surface area contributed by atoms with E-state index >= 15 is 0 Å². The van der Waals surface area contributed by atoms with Crippen LogP contribution < -0.4 is 5.73 Å². The maximum atomic E-state index is 12.1. The summed E-state index contributed by atoms with van der Waals surface area (Å²) in [5, 5.41) is 0. The molecule has 0 aliphatic heterocycles. The van der Waals surface area contributed by atoms with Crippen LogP contribution in [-0.2, 0) is 21.6 Å². The summed E-state index contributed by atoms with van der Waals surface area (Å²) in [6.07, 6.45) is 0.581. The zero-order valence-corrected chi connectivity index (χ0v) is 14.8. The summed E-state index contributed by atoms with van der Waals surface area (Å²) < 4.78 is 5.98. The van der Waals surface area contributed by atoms with Crippen molar-refractivity contribution in [2.24, 2.45) is 5.73 Å². The van der Waals surface area contributed by atoms with E-state index in [1.165, 1.54) is 6.92 Å². The number of rotatable bonds is 6. The Morgan fingerprint density at radius 2 is 1.27 bits per heavy atom. The van der Waals surface area contributed by atoms with Gasteiger partial charge in [0.15, 0.2) is 5.60 Å². The maximum absolute atomic E-state index is 12.1. The van der Waals surface area contributed by atoms with Crippen LogP contribution >= 0.6 is 0 Å². The number of ether oxygens (including phenoxy) is 1. The number of hydrogen-bond acceptors (Lipinski definition) is 3. The highest BCUT2D eigenvalue weighted by Gasteiger charge is 2.43. The van der Waals surface area contributed by atoms with Crippen molar-refractivity contribution in [2.75, 3.05) is 0 Å². The summed E-state index contributed by atoms with van der Waals surface area (Å²) in [5.41, 5.74) is 8.50. The predicted molar refractivity (Wildman–Crippen MR) is 104 cm³/mol. The van der Waals surface area contributed by atoms with E-state index in [2.05, 4.69) is 0 Å². The molecule has 3 heteroatoms. The van der Waals surface area contributed by atoms with Gasteiger partial charge in [-0.1, -0.05) is 91.0 Å². The second-order valence-corrected chi connectivity index (χ2v) is 6.36. The Labute approximate surface area is 154 Å². The van der Waals surface area contributed by atoms with Gasteiger partial charge in [-0.25, -0.2) is 0 Å². The molecule has 2 N–H and O–H groups in total. The van der Waals surface area contributed by atoms with Gasteiger partial charge in [0.05, 0.1) is 6.04 Å². The van der Waals surface area contributed by atoms with Crippen molar-refractivity contribution in [1.82, 2.24) is 0 Å². The molecule has 0 aromatic heterocycles. The highest BCUT2D eigenvalue weighted by Crippen LogP contribution is 2.37. The topological polar surface area (TPSA) is 52.3 Å². The largest absolute Gasteiger partial charge is 0.448 e. The van der Waals surface area contributed by atoms with Crippen molar-refractivity contribution in [2.45, 2.75) is 25.0 Å². The van der Waals surface area contributed by atoms with Crippen molar-refractivity contribution in [3.05, 3.63) is 108 Å². The van der Waals surface area contributed by atoms with Gasteiger partial charge in [-0.3, -0.25) is 4.79 Å². The smallest absolute Gasteiger partial charge is 0.303 e. The lowest BCUT2D eigenvalue weighted by atomic mass is 9.78. The van der Waals surface area contributed by atoms with Gasteiger partial charge in [-0.2, -0.15) is 0 Å². The van der Waals surface area contributed by atoms with Crippen molar-refractivity contribution in [1.29, 1.82) is 0 Å². The molecule has 0 spiro atoms. The van der Waals surface area contributed by atoms with Crippen LogP contribution in [0.4, 0.5) is 0 Å². The fourth-order valence-electron chi connectivity index (χ4n) is 3.40. The fourth-order valence-corrected chi connectivity index (χ4v) is 3.40. The zero-order valence-electron chi connectivity index (χ0n) is 14.8. The fraction of sp³-hybridized carbons (Fsp3) is 0.174. The number of benzene rings is 3. The van der Waals surface area contributed by atoms with Crippen LogP contribution in [0.5, 0.6) is 0 Å². The Morgan fingerprint density at radius 3 is 1.69 bits per heavy atom. The Balaban J connectivity index is 2.14. The normalized spacial score (nSPS) is 12.4. The quantitative estimate of drug-likeness (QED) is 0.685. The molecule has 26 heavy (non-hydrogen) atoms. The number of carbonyl (C=O) groups is 1. The lowest BCUT2D eigenvalue weighted by molar-refractivity contribution is -0.156. The lowest BCUT2D eigenvalue weighted by Gasteiger charge is -2.39. The first-order valence-corrected chi connectivity index (χ1v) is 8.73. The summed E-state index contributed by atoms with van der Waals surface area (Å²) >= 11 is 0. The minimum Gasteiger partial charge on any atom is -0.448 e. The molecular formula is C23H23NO2. The Morgan fingerprint density at radius 1 is 0.846 bits per heavy atom. The van der Waals surface area contributed by atoms with Crippen molar-refractivity contribution >= 4 is 5.97 Å². The molecule has 0 saturated carbocycles. The van der Waals surface area contributed by atoms with Crippen molar-refractivity contribution in [3.63, 3.8) is 0 Å². The third kappa shape index (κ3) is 3.68. The molecule has 3 rings (SSSR count). The van der Waals surface area contributed by atoms with Gasteiger partial charge >= 0.3 is 5.97 Å². The summed E-state index contributed by atoms with van der Waals surface area (Å²) in [6, 6.07) is 29.0. The first-order chi connectivity index (χ1) is 12.6. The van der Waals surface area contributed by atoms with Crippen LogP contribution in [0.25, 0.3) is 0 Å². The molecule has 0 aliphatic carbocycles. The molecule has 0 aliphatic rings. The summed E-state index contributed by atoms with van der Waals surface area (Å²) in [7, 11) is 0. The summed E-state index contributed by atoms with van der Waals surface area (Å²) in [5.74, 6) is -0.360. The lowest BCUT2D eigenvalue weighted by Crippen LogP contribution is -2.50. The molecule has 0 radical (unpaired) electrons. The Hall–Kier alpha value is -2.91. The maximum Gasteiger partial charge on any atom is 0.303 e. The molecule has 3 aromatic rings. The van der Waals surface area contributed by atoms with E-state index in [1.54, 1.807) is 0 Å². The number of carbonyl (C=O) groups excluding carboxylic acids is 1. The van der Waals surface area contributed by atoms with Crippen molar-refractivity contribution < 1.29 is 9.53 Å². The van der Waals surface area contributed by atoms with Crippen LogP contribution in [0.1, 0.15) is 23.6 Å². The standard InChI is InChI=1S/C23H23NO2/c1-18(25)26-23(20-13-7-3-8-14-20,21-15-9-4-10-16-21)22(24)17-19-11-5-2-6-12-19/h2-16,22H,17,24H2,1H3/t22-/m1/s1. The molecular weight excluding hydrogens is 322 g/mol. The van der Waals surface area contributed by atoms with E-state index in [1.807, 2.05) is 91.0 Å². The van der Waals surface area contributed by atoms with E-state index in [-0.39, 0.29) is 5.97 Å². The van der Waals surface area contributed by atoms with Crippen molar-refractivity contribution in [3.8, 4) is 0 Å². The minimum absolute atomic E-state index is 0.360. The molecule has 0 amide bonds. The summed E-state index contributed by atoms with van der Waals surface area (Å²) in [4.78, 5) is 12.1. The van der Waals surface area contributed by atoms with Gasteiger partial charge in [0.25, 0.3) is 0 Å². The Kier molecular flexibility index (Phi) is 5.49. The van der Waals surface area contributed by atoms with Crippen LogP contribution in [0.2, 0.25) is 0 Å². The van der Waals surface area contributed by atoms with Gasteiger partial charge in [0, 0.05) is 18.1 Å². The first-order valence-electron chi connectivity index (χ1n) is 8.73. The van der Waals surface area contributed by atoms with E-state index in [0.29, 0.717) is 6.42 Å². The molecule has 0 bridgehead atoms. The third-order valence-electron chi connectivity index (χ3n) is 4.53. The highest BCUT2D eigenvalue weighted by molar-refractivity contribution is 5.68. The van der Waals surface area contributed by atoms with E-state index in [0.717, 1.165) is 16.7 Å². The monoisotopic (exact) mass is 345 g/mol. The molecule has 0 unspecified atom stereocenters. The van der Waals surface area contributed by atoms with Gasteiger partial charge in [0.2, 0.25) is 0 Å². The average Bonchev–Trinajstić information content (AvgIpc) is 2.68. The molecule has 0 fully saturated rings. The summed E-state index contributed by atoms with van der Waals surface area (Å²) in [6.45, 7) is 1.43. The number of esters is 1. The van der Waals surface area contributed by atoms with Crippen LogP contribution in [0.3, 0.4) is 0 Å². The van der Waals surface area contributed by atoms with Gasteiger partial charge < -0.3 is 10.5 Å². The second kappa shape index (κ2) is 7.98. The van der Waals surface area contributed by atoms with E-state index < -0.39 is 11.6 Å². The average molecular weight is 345 g/mol. The zero-order chi connectivity index (χ0) is 18.4. The SMILES string of the molecule is CC(=O)OC(c1ccccc1)(c1ccccc1)[C@H](N)Cc1ccccc1. The van der Waals surface area contributed by atoms with Gasteiger partial charge in [0.1, 0.15) is 0 Å². The minimum atomic E-state index is -1.05. The van der Waals surface area contributed by atoms with Crippen LogP contribution in [0, 0.1) is 0 Å². The molecule has 0 heterocycles. The molecule has 0 saturated heterocycles. The van der Waals surface area contributed by atoms with Crippen LogP contribution in [-0.4, -0.2) is 12.0 Å². The second-order valence-electron chi connectivity index (χ2n) is 6.36. The van der Waals surface area contributed by atoms with Gasteiger partial charge in [-0.15, -0.1) is 0 Å². The predicted octanol–water partition coefficient (Wildman–Crippen LogP) is 4.06. The molecule has 132 valence electrons. The van der Waals surface area contributed by atoms with Gasteiger partial charge in [-0.05, 0) is 12.0 Å². The number of nitrogens with two attached hydrogens (primary N) is 1. The van der Waals surface area contributed by atoms with E-state index in [9.17, 15) is 4.79 Å². The number of hydrogen-bond donors (Lipinski definition) is 1. The highest BCUT2D eigenvalue weighted by atomic mass is 16.6. The third-order valence-corrected chi connectivity index (χ3v) is 4.53. The first kappa shape index (κ1) is 17.9. The molecule has 3 nitrogen and oxygen atoms in total.